The van der Waals surface area contributed by atoms with Crippen LogP contribution in [0.15, 0.2) is 30.5 Å². The molecule has 3 aromatic rings. The fourth-order valence-electron chi connectivity index (χ4n) is 2.88. The molecule has 2 aromatic heterocycles. The molecule has 1 fully saturated rings. The molecule has 4 rings (SSSR count). The number of hydrogen-bond acceptors (Lipinski definition) is 6. The second kappa shape index (κ2) is 6.87. The van der Waals surface area contributed by atoms with Gasteiger partial charge in [-0.15, -0.1) is 0 Å². The number of benzene rings is 1. The number of fused-ring (bicyclic) bond motifs is 1. The van der Waals surface area contributed by atoms with Gasteiger partial charge in [0.15, 0.2) is 0 Å². The molecule has 2 radical (unpaired) electrons. The average Bonchev–Trinajstić information content (AvgIpc) is 2.62. The molecule has 0 bridgehead atoms. The molecule has 0 spiro atoms. The van der Waals surface area contributed by atoms with E-state index in [-0.39, 0.29) is 0 Å². The summed E-state index contributed by atoms with van der Waals surface area (Å²) in [5.74, 6) is 0.858. The molecule has 0 saturated carbocycles. The van der Waals surface area contributed by atoms with Crippen LogP contribution in [0.25, 0.3) is 22.4 Å². The van der Waals surface area contributed by atoms with Crippen molar-refractivity contribution in [1.29, 1.82) is 0 Å². The summed E-state index contributed by atoms with van der Waals surface area (Å²) in [6, 6.07) is 7.60. The number of hydrogen-bond donors (Lipinski definition) is 0. The first-order valence-corrected chi connectivity index (χ1v) is 9.35. The molecule has 0 amide bonds. The minimum absolute atomic E-state index is 0.622. The molecule has 0 atom stereocenters. The standard InChI is InChI=1S/C17H16AsClN6/c1-24-6-8-25(9-7-24)16-14-15(22-17(18)23-16)20-10-13(21-14)11-2-4-12(19)5-3-11/h2-5,10H,6-9H2,1H3. The van der Waals surface area contributed by atoms with Crippen molar-refractivity contribution < 1.29 is 0 Å². The predicted octanol–water partition coefficient (Wildman–Crippen LogP) is 1.29. The van der Waals surface area contributed by atoms with Crippen molar-refractivity contribution in [3.63, 3.8) is 0 Å². The zero-order valence-corrected chi connectivity index (χ0v) is 16.4. The zero-order chi connectivity index (χ0) is 17.4. The van der Waals surface area contributed by atoms with Gasteiger partial charge in [-0.2, -0.15) is 0 Å². The molecule has 0 unspecified atom stereocenters. The Bertz CT molecular complexity index is 909. The number of anilines is 1. The predicted molar refractivity (Wildman–Crippen MR) is 101 cm³/mol. The number of nitrogens with zero attached hydrogens (tertiary/aromatic N) is 6. The molecule has 3 heterocycles. The second-order valence-corrected chi connectivity index (χ2v) is 7.35. The summed E-state index contributed by atoms with van der Waals surface area (Å²) in [6.45, 7) is 3.84. The first kappa shape index (κ1) is 16.7. The average molecular weight is 415 g/mol. The second-order valence-electron chi connectivity index (χ2n) is 6.07. The number of aromatic nitrogens is 4. The van der Waals surface area contributed by atoms with E-state index in [1.165, 1.54) is 0 Å². The summed E-state index contributed by atoms with van der Waals surface area (Å²) in [6.07, 6.45) is 1.75. The molecule has 25 heavy (non-hydrogen) atoms. The van der Waals surface area contributed by atoms with Crippen LogP contribution in [-0.2, 0) is 0 Å². The summed E-state index contributed by atoms with van der Waals surface area (Å²) in [7, 11) is 2.13. The first-order valence-electron chi connectivity index (χ1n) is 8.03. The third-order valence-electron chi connectivity index (χ3n) is 4.32. The van der Waals surface area contributed by atoms with E-state index in [1.807, 2.05) is 24.3 Å². The van der Waals surface area contributed by atoms with Crippen molar-refractivity contribution in [2.24, 2.45) is 0 Å². The third-order valence-corrected chi connectivity index (χ3v) is 4.99. The van der Waals surface area contributed by atoms with Crippen LogP contribution in [0.2, 0.25) is 5.02 Å². The van der Waals surface area contributed by atoms with Crippen LogP contribution in [0, 0.1) is 0 Å². The van der Waals surface area contributed by atoms with Crippen LogP contribution >= 0.6 is 11.6 Å². The van der Waals surface area contributed by atoms with Crippen molar-refractivity contribution >= 4 is 50.0 Å². The summed E-state index contributed by atoms with van der Waals surface area (Å²) >= 11 is 8.38. The van der Waals surface area contributed by atoms with E-state index in [0.29, 0.717) is 15.3 Å². The van der Waals surface area contributed by atoms with Crippen molar-refractivity contribution in [2.45, 2.75) is 0 Å². The fraction of sp³-hybridized carbons (Fsp3) is 0.294. The van der Waals surface area contributed by atoms with Gasteiger partial charge >= 0.3 is 160 Å². The number of piperazine rings is 1. The van der Waals surface area contributed by atoms with Crippen LogP contribution < -0.4 is 9.51 Å². The number of rotatable bonds is 2. The molecule has 8 heteroatoms. The van der Waals surface area contributed by atoms with Gasteiger partial charge in [-0.25, -0.2) is 0 Å². The van der Waals surface area contributed by atoms with E-state index in [4.69, 9.17) is 16.6 Å². The van der Waals surface area contributed by atoms with E-state index in [0.717, 1.165) is 48.8 Å². The summed E-state index contributed by atoms with van der Waals surface area (Å²) in [5, 5.41) is 0.701. The Hall–Kier alpha value is -1.75. The summed E-state index contributed by atoms with van der Waals surface area (Å²) < 4.78 is 0.655. The Morgan fingerprint density at radius 1 is 1.00 bits per heavy atom. The molecule has 1 aromatic carbocycles. The number of likely N-dealkylation sites (N-methyl/N-ethyl adjacent to an activating group) is 1. The molecule has 0 N–H and O–H groups in total. The van der Waals surface area contributed by atoms with Gasteiger partial charge in [-0.3, -0.25) is 0 Å². The zero-order valence-electron chi connectivity index (χ0n) is 13.7. The van der Waals surface area contributed by atoms with Gasteiger partial charge in [0, 0.05) is 0 Å². The fourth-order valence-corrected chi connectivity index (χ4v) is 3.40. The molecular formula is C17H16AsClN6. The van der Waals surface area contributed by atoms with Crippen LogP contribution in [0.3, 0.4) is 0 Å². The molecule has 0 aliphatic carbocycles. The Morgan fingerprint density at radius 2 is 1.72 bits per heavy atom. The number of halogens is 1. The van der Waals surface area contributed by atoms with Crippen molar-refractivity contribution in [3.8, 4) is 11.3 Å². The SMILES string of the molecule is CN1CCN(c2nc([As])nc3ncc(-c4ccc(Cl)cc4)nc23)CC1. The van der Waals surface area contributed by atoms with Crippen molar-refractivity contribution in [3.05, 3.63) is 35.5 Å². The maximum absolute atomic E-state index is 5.98. The van der Waals surface area contributed by atoms with Gasteiger partial charge in [0.1, 0.15) is 0 Å². The quantitative estimate of drug-likeness (QED) is 0.589. The third kappa shape index (κ3) is 3.47. The van der Waals surface area contributed by atoms with E-state index in [1.54, 1.807) is 6.20 Å². The van der Waals surface area contributed by atoms with E-state index < -0.39 is 0 Å². The van der Waals surface area contributed by atoms with E-state index >= 15 is 0 Å². The molecule has 126 valence electrons. The van der Waals surface area contributed by atoms with Crippen LogP contribution in [0.5, 0.6) is 0 Å². The van der Waals surface area contributed by atoms with Crippen LogP contribution in [-0.4, -0.2) is 74.9 Å². The summed E-state index contributed by atoms with van der Waals surface area (Å²) in [4.78, 5) is 23.0. The Kier molecular flexibility index (Phi) is 4.59. The van der Waals surface area contributed by atoms with Crippen LogP contribution in [0.1, 0.15) is 0 Å². The molecule has 1 saturated heterocycles. The molecule has 6 nitrogen and oxygen atoms in total. The Balaban J connectivity index is 1.81. The van der Waals surface area contributed by atoms with Crippen LogP contribution in [0.4, 0.5) is 5.82 Å². The van der Waals surface area contributed by atoms with Gasteiger partial charge in [-0.05, 0) is 0 Å². The van der Waals surface area contributed by atoms with E-state index in [9.17, 15) is 0 Å². The monoisotopic (exact) mass is 414 g/mol. The first-order chi connectivity index (χ1) is 12.1. The summed E-state index contributed by atoms with van der Waals surface area (Å²) in [5.41, 5.74) is 3.13. The minimum atomic E-state index is 0.622. The Morgan fingerprint density at radius 3 is 2.44 bits per heavy atom. The molecule has 1 aliphatic rings. The van der Waals surface area contributed by atoms with Crippen molar-refractivity contribution in [2.75, 3.05) is 38.1 Å². The normalized spacial score (nSPS) is 15.7. The van der Waals surface area contributed by atoms with Gasteiger partial charge in [-0.1, -0.05) is 0 Å². The molecular weight excluding hydrogens is 399 g/mol. The van der Waals surface area contributed by atoms with Gasteiger partial charge in [0.25, 0.3) is 0 Å². The van der Waals surface area contributed by atoms with E-state index in [2.05, 4.69) is 48.7 Å². The van der Waals surface area contributed by atoms with Crippen molar-refractivity contribution in [1.82, 2.24) is 24.8 Å². The van der Waals surface area contributed by atoms with Gasteiger partial charge in [0.2, 0.25) is 0 Å². The van der Waals surface area contributed by atoms with Gasteiger partial charge < -0.3 is 0 Å². The maximum atomic E-state index is 5.98. The van der Waals surface area contributed by atoms with Gasteiger partial charge in [0.05, 0.1) is 0 Å². The topological polar surface area (TPSA) is 58.0 Å². The molecule has 1 aliphatic heterocycles. The Labute approximate surface area is 159 Å².